The maximum absolute atomic E-state index is 5.53. The zero-order valence-electron chi connectivity index (χ0n) is 9.64. The van der Waals surface area contributed by atoms with Crippen molar-refractivity contribution in [3.05, 3.63) is 0 Å². The van der Waals surface area contributed by atoms with Gasteiger partial charge in [-0.15, -0.1) is 0 Å². The van der Waals surface area contributed by atoms with E-state index in [4.69, 9.17) is 9.47 Å². The van der Waals surface area contributed by atoms with E-state index in [1.165, 1.54) is 6.42 Å². The lowest BCUT2D eigenvalue weighted by atomic mass is 9.74. The first-order chi connectivity index (χ1) is 6.75. The van der Waals surface area contributed by atoms with E-state index < -0.39 is 0 Å². The Hall–Kier alpha value is -0.120. The van der Waals surface area contributed by atoms with Crippen LogP contribution in [0, 0.1) is 11.3 Å². The molecule has 0 radical (unpaired) electrons. The van der Waals surface area contributed by atoms with Crippen LogP contribution in [0.5, 0.6) is 0 Å². The molecule has 84 valence electrons. The van der Waals surface area contributed by atoms with Gasteiger partial charge in [0, 0.05) is 32.3 Å². The topological polar surface area (TPSA) is 30.5 Å². The molecule has 0 aromatic rings. The van der Waals surface area contributed by atoms with E-state index in [0.29, 0.717) is 11.3 Å². The van der Waals surface area contributed by atoms with E-state index in [1.54, 1.807) is 7.11 Å². The summed E-state index contributed by atoms with van der Waals surface area (Å²) in [6, 6.07) is 0. The summed E-state index contributed by atoms with van der Waals surface area (Å²) >= 11 is 0. The van der Waals surface area contributed by atoms with Crippen LogP contribution in [0.3, 0.4) is 0 Å². The van der Waals surface area contributed by atoms with E-state index in [2.05, 4.69) is 12.2 Å². The summed E-state index contributed by atoms with van der Waals surface area (Å²) in [5, 5.41) is 3.29. The lowest BCUT2D eigenvalue weighted by molar-refractivity contribution is 0.0876. The van der Waals surface area contributed by atoms with Crippen molar-refractivity contribution in [2.75, 3.05) is 40.5 Å². The number of nitrogens with one attached hydrogen (secondary N) is 1. The third-order valence-corrected chi connectivity index (χ3v) is 3.46. The Balaban J connectivity index is 2.48. The van der Waals surface area contributed by atoms with Gasteiger partial charge in [0.25, 0.3) is 0 Å². The molecule has 1 aliphatic heterocycles. The van der Waals surface area contributed by atoms with Gasteiger partial charge in [0.2, 0.25) is 0 Å². The predicted molar refractivity (Wildman–Crippen MR) is 57.5 cm³/mol. The molecule has 0 aliphatic carbocycles. The number of ether oxygens (including phenoxy) is 2. The molecule has 1 rings (SSSR count). The van der Waals surface area contributed by atoms with Gasteiger partial charge in [-0.05, 0) is 25.8 Å². The van der Waals surface area contributed by atoms with E-state index >= 15 is 0 Å². The van der Waals surface area contributed by atoms with Crippen LogP contribution in [0.1, 0.15) is 19.8 Å². The van der Waals surface area contributed by atoms with E-state index in [-0.39, 0.29) is 0 Å². The highest BCUT2D eigenvalue weighted by Crippen LogP contribution is 2.37. The molecule has 1 aliphatic rings. The number of methoxy groups -OCH3 is 1. The average molecular weight is 201 g/mol. The maximum Gasteiger partial charge on any atom is 0.0538 e. The van der Waals surface area contributed by atoms with Gasteiger partial charge >= 0.3 is 0 Å². The number of hydrogen-bond donors (Lipinski definition) is 1. The van der Waals surface area contributed by atoms with Crippen LogP contribution in [0.15, 0.2) is 0 Å². The zero-order valence-corrected chi connectivity index (χ0v) is 9.64. The SMILES string of the molecule is CNCC1(C(C)CCOC)CCOC1. The standard InChI is InChI=1S/C11H23NO2/c1-10(4-6-13-3)11(8-12-2)5-7-14-9-11/h10,12H,4-9H2,1-3H3. The smallest absolute Gasteiger partial charge is 0.0538 e. The molecule has 0 aromatic carbocycles. The minimum atomic E-state index is 0.341. The van der Waals surface area contributed by atoms with Crippen LogP contribution < -0.4 is 5.32 Å². The summed E-state index contributed by atoms with van der Waals surface area (Å²) in [5.41, 5.74) is 0.341. The summed E-state index contributed by atoms with van der Waals surface area (Å²) in [6.07, 6.45) is 2.31. The molecule has 0 amide bonds. The molecule has 0 aromatic heterocycles. The molecule has 1 saturated heterocycles. The van der Waals surface area contributed by atoms with Crippen LogP contribution >= 0.6 is 0 Å². The van der Waals surface area contributed by atoms with Crippen molar-refractivity contribution < 1.29 is 9.47 Å². The average Bonchev–Trinajstić information content (AvgIpc) is 2.64. The van der Waals surface area contributed by atoms with Crippen molar-refractivity contribution in [3.63, 3.8) is 0 Å². The molecule has 2 unspecified atom stereocenters. The molecule has 3 heteroatoms. The second-order valence-corrected chi connectivity index (χ2v) is 4.38. The molecule has 1 N–H and O–H groups in total. The maximum atomic E-state index is 5.53. The van der Waals surface area contributed by atoms with Crippen molar-refractivity contribution >= 4 is 0 Å². The van der Waals surface area contributed by atoms with Gasteiger partial charge in [0.05, 0.1) is 6.61 Å². The Morgan fingerprint density at radius 1 is 1.57 bits per heavy atom. The van der Waals surface area contributed by atoms with Gasteiger partial charge in [-0.25, -0.2) is 0 Å². The highest BCUT2D eigenvalue weighted by atomic mass is 16.5. The van der Waals surface area contributed by atoms with Crippen molar-refractivity contribution in [2.24, 2.45) is 11.3 Å². The molecule has 1 fully saturated rings. The fourth-order valence-corrected chi connectivity index (χ4v) is 2.28. The molecular formula is C11H23NO2. The van der Waals surface area contributed by atoms with Gasteiger partial charge in [-0.2, -0.15) is 0 Å². The van der Waals surface area contributed by atoms with Crippen molar-refractivity contribution in [1.82, 2.24) is 5.32 Å². The fraction of sp³-hybridized carbons (Fsp3) is 1.00. The Bertz CT molecular complexity index is 155. The summed E-state index contributed by atoms with van der Waals surface area (Å²) < 4.78 is 10.7. The summed E-state index contributed by atoms with van der Waals surface area (Å²) in [7, 11) is 3.78. The molecule has 2 atom stereocenters. The third-order valence-electron chi connectivity index (χ3n) is 3.46. The second-order valence-electron chi connectivity index (χ2n) is 4.38. The van der Waals surface area contributed by atoms with Crippen LogP contribution in [-0.2, 0) is 9.47 Å². The highest BCUT2D eigenvalue weighted by Gasteiger charge is 2.38. The van der Waals surface area contributed by atoms with Crippen molar-refractivity contribution in [3.8, 4) is 0 Å². The van der Waals surface area contributed by atoms with Crippen molar-refractivity contribution in [1.29, 1.82) is 0 Å². The van der Waals surface area contributed by atoms with Gasteiger partial charge in [-0.1, -0.05) is 6.92 Å². The first-order valence-electron chi connectivity index (χ1n) is 5.46. The number of rotatable bonds is 6. The minimum absolute atomic E-state index is 0.341. The fourth-order valence-electron chi connectivity index (χ4n) is 2.28. The second kappa shape index (κ2) is 5.69. The number of hydrogen-bond acceptors (Lipinski definition) is 3. The Labute approximate surface area is 87.2 Å². The Kier molecular flexibility index (Phi) is 4.85. The lowest BCUT2D eigenvalue weighted by Crippen LogP contribution is -2.39. The molecular weight excluding hydrogens is 178 g/mol. The molecule has 0 bridgehead atoms. The van der Waals surface area contributed by atoms with E-state index in [1.807, 2.05) is 7.05 Å². The molecule has 0 saturated carbocycles. The molecule has 14 heavy (non-hydrogen) atoms. The van der Waals surface area contributed by atoms with Gasteiger partial charge in [-0.3, -0.25) is 0 Å². The minimum Gasteiger partial charge on any atom is -0.385 e. The van der Waals surface area contributed by atoms with E-state index in [9.17, 15) is 0 Å². The highest BCUT2D eigenvalue weighted by molar-refractivity contribution is 4.89. The summed E-state index contributed by atoms with van der Waals surface area (Å²) in [4.78, 5) is 0. The molecule has 3 nitrogen and oxygen atoms in total. The van der Waals surface area contributed by atoms with Crippen LogP contribution in [0.4, 0.5) is 0 Å². The predicted octanol–water partition coefficient (Wildman–Crippen LogP) is 1.29. The summed E-state index contributed by atoms with van der Waals surface area (Å²) in [5.74, 6) is 0.664. The third kappa shape index (κ3) is 2.69. The van der Waals surface area contributed by atoms with Crippen LogP contribution in [0.2, 0.25) is 0 Å². The molecule has 0 spiro atoms. The van der Waals surface area contributed by atoms with Gasteiger partial charge < -0.3 is 14.8 Å². The van der Waals surface area contributed by atoms with Gasteiger partial charge in [0.15, 0.2) is 0 Å². The molecule has 1 heterocycles. The Morgan fingerprint density at radius 2 is 2.36 bits per heavy atom. The van der Waals surface area contributed by atoms with Gasteiger partial charge in [0.1, 0.15) is 0 Å². The largest absolute Gasteiger partial charge is 0.385 e. The lowest BCUT2D eigenvalue weighted by Gasteiger charge is -2.33. The van der Waals surface area contributed by atoms with Crippen LogP contribution in [-0.4, -0.2) is 40.5 Å². The normalized spacial score (nSPS) is 29.4. The van der Waals surface area contributed by atoms with Crippen molar-refractivity contribution in [2.45, 2.75) is 19.8 Å². The first kappa shape index (κ1) is 12.0. The zero-order chi connectivity index (χ0) is 10.4. The van der Waals surface area contributed by atoms with Crippen LogP contribution in [0.25, 0.3) is 0 Å². The quantitative estimate of drug-likeness (QED) is 0.702. The Morgan fingerprint density at radius 3 is 2.86 bits per heavy atom. The first-order valence-corrected chi connectivity index (χ1v) is 5.46. The summed E-state index contributed by atoms with van der Waals surface area (Å²) in [6.45, 7) is 6.03. The van der Waals surface area contributed by atoms with E-state index in [0.717, 1.165) is 32.8 Å². The monoisotopic (exact) mass is 201 g/mol.